The van der Waals surface area contributed by atoms with Gasteiger partial charge in [0.2, 0.25) is 5.91 Å². The van der Waals surface area contributed by atoms with Crippen LogP contribution in [0.5, 0.6) is 0 Å². The molecule has 0 bridgehead atoms. The van der Waals surface area contributed by atoms with Crippen LogP contribution in [0.2, 0.25) is 0 Å². The largest absolute Gasteiger partial charge is 0.466 e. The molecule has 7 heteroatoms. The minimum absolute atomic E-state index is 0.145. The quantitative estimate of drug-likeness (QED) is 0.809. The van der Waals surface area contributed by atoms with E-state index in [9.17, 15) is 18.4 Å². The van der Waals surface area contributed by atoms with Gasteiger partial charge in [-0.15, -0.1) is 0 Å². The van der Waals surface area contributed by atoms with Crippen LogP contribution < -0.4 is 5.32 Å². The van der Waals surface area contributed by atoms with Crippen molar-refractivity contribution in [3.8, 4) is 0 Å². The fraction of sp³-hybridized carbons (Fsp3) is 0.529. The lowest BCUT2D eigenvalue weighted by molar-refractivity contribution is -0.149. The number of carbonyl (C=O) groups is 2. The summed E-state index contributed by atoms with van der Waals surface area (Å²) in [6.07, 6.45) is 1.90. The molecule has 0 spiro atoms. The number of nitrogens with one attached hydrogen (secondary N) is 1. The van der Waals surface area contributed by atoms with E-state index in [0.29, 0.717) is 19.7 Å². The Labute approximate surface area is 140 Å². The Morgan fingerprint density at radius 2 is 2.12 bits per heavy atom. The Balaban J connectivity index is 1.78. The molecule has 1 amide bonds. The summed E-state index contributed by atoms with van der Waals surface area (Å²) in [7, 11) is 0. The van der Waals surface area contributed by atoms with Gasteiger partial charge in [-0.25, -0.2) is 8.78 Å². The molecule has 1 aromatic carbocycles. The Bertz CT molecular complexity index is 595. The van der Waals surface area contributed by atoms with Gasteiger partial charge in [0, 0.05) is 31.3 Å². The van der Waals surface area contributed by atoms with Crippen molar-refractivity contribution in [2.24, 2.45) is 5.92 Å². The van der Waals surface area contributed by atoms with Crippen LogP contribution in [0.3, 0.4) is 0 Å². The summed E-state index contributed by atoms with van der Waals surface area (Å²) >= 11 is 0. The summed E-state index contributed by atoms with van der Waals surface area (Å²) in [5.74, 6) is -2.56. The van der Waals surface area contributed by atoms with Gasteiger partial charge >= 0.3 is 5.97 Å². The lowest BCUT2D eigenvalue weighted by Crippen LogP contribution is -2.40. The monoisotopic (exact) mass is 340 g/mol. The molecule has 24 heavy (non-hydrogen) atoms. The van der Waals surface area contributed by atoms with E-state index < -0.39 is 11.6 Å². The molecule has 1 fully saturated rings. The second-order valence-electron chi connectivity index (χ2n) is 5.82. The van der Waals surface area contributed by atoms with Crippen molar-refractivity contribution >= 4 is 17.6 Å². The highest BCUT2D eigenvalue weighted by Crippen LogP contribution is 2.18. The van der Waals surface area contributed by atoms with Crippen molar-refractivity contribution in [3.63, 3.8) is 0 Å². The van der Waals surface area contributed by atoms with Crippen molar-refractivity contribution in [1.29, 1.82) is 0 Å². The van der Waals surface area contributed by atoms with Crippen molar-refractivity contribution < 1.29 is 23.1 Å². The molecular weight excluding hydrogens is 318 g/mol. The summed E-state index contributed by atoms with van der Waals surface area (Å²) in [4.78, 5) is 25.8. The lowest BCUT2D eigenvalue weighted by atomic mass is 9.98. The number of halogens is 2. The first-order chi connectivity index (χ1) is 11.5. The number of anilines is 1. The Hall–Kier alpha value is -2.02. The van der Waals surface area contributed by atoms with Gasteiger partial charge in [-0.05, 0) is 38.4 Å². The van der Waals surface area contributed by atoms with Crippen LogP contribution in [0.1, 0.15) is 26.2 Å². The molecule has 1 aliphatic rings. The molecule has 5 nitrogen and oxygen atoms in total. The Kier molecular flexibility index (Phi) is 6.66. The van der Waals surface area contributed by atoms with Crippen LogP contribution in [-0.2, 0) is 14.3 Å². The van der Waals surface area contributed by atoms with Crippen molar-refractivity contribution in [2.45, 2.75) is 26.2 Å². The zero-order valence-electron chi connectivity index (χ0n) is 13.7. The minimum atomic E-state index is -0.999. The number of likely N-dealkylation sites (tertiary alicyclic amines) is 1. The van der Waals surface area contributed by atoms with Crippen molar-refractivity contribution in [2.75, 3.05) is 31.6 Å². The summed E-state index contributed by atoms with van der Waals surface area (Å²) in [5, 5.41) is 2.54. The summed E-state index contributed by atoms with van der Waals surface area (Å²) in [6, 6.07) is 3.23. The molecule has 0 radical (unpaired) electrons. The maximum atomic E-state index is 13.1. The normalized spacial score (nSPS) is 18.2. The molecule has 1 N–H and O–H groups in total. The van der Waals surface area contributed by atoms with E-state index in [1.807, 2.05) is 0 Å². The van der Waals surface area contributed by atoms with E-state index in [2.05, 4.69) is 10.2 Å². The molecule has 0 saturated carbocycles. The van der Waals surface area contributed by atoms with Crippen LogP contribution in [-0.4, -0.2) is 43.0 Å². The topological polar surface area (TPSA) is 58.6 Å². The molecule has 132 valence electrons. The fourth-order valence-corrected chi connectivity index (χ4v) is 2.77. The Morgan fingerprint density at radius 1 is 1.33 bits per heavy atom. The van der Waals surface area contributed by atoms with Gasteiger partial charge in [0.05, 0.1) is 12.5 Å². The van der Waals surface area contributed by atoms with Crippen LogP contribution in [0.25, 0.3) is 0 Å². The number of piperidine rings is 1. The third-order valence-electron chi connectivity index (χ3n) is 3.98. The summed E-state index contributed by atoms with van der Waals surface area (Å²) in [6.45, 7) is 4.06. The summed E-state index contributed by atoms with van der Waals surface area (Å²) in [5.41, 5.74) is 0.224. The van der Waals surface area contributed by atoms with Crippen LogP contribution in [0, 0.1) is 17.6 Å². The number of carbonyl (C=O) groups excluding carboxylic acids is 2. The third-order valence-corrected chi connectivity index (χ3v) is 3.98. The molecule has 1 saturated heterocycles. The summed E-state index contributed by atoms with van der Waals surface area (Å²) < 4.78 is 31.0. The van der Waals surface area contributed by atoms with E-state index in [4.69, 9.17) is 4.74 Å². The van der Waals surface area contributed by atoms with E-state index in [1.54, 1.807) is 6.92 Å². The number of ether oxygens (including phenoxy) is 1. The van der Waals surface area contributed by atoms with Crippen LogP contribution >= 0.6 is 0 Å². The van der Waals surface area contributed by atoms with Crippen LogP contribution in [0.15, 0.2) is 18.2 Å². The maximum absolute atomic E-state index is 13.1. The molecule has 0 aromatic heterocycles. The van der Waals surface area contributed by atoms with Crippen LogP contribution in [0.4, 0.5) is 14.5 Å². The van der Waals surface area contributed by atoms with E-state index in [1.165, 1.54) is 6.07 Å². The smallest absolute Gasteiger partial charge is 0.310 e. The lowest BCUT2D eigenvalue weighted by Gasteiger charge is -2.31. The SMILES string of the molecule is CCOC(=O)[C@H]1CCCN(CCC(=O)Nc2ccc(F)c(F)c2)C1. The minimum Gasteiger partial charge on any atom is -0.466 e. The number of hydrogen-bond acceptors (Lipinski definition) is 4. The standard InChI is InChI=1S/C17H22F2N2O3/c1-2-24-17(23)12-4-3-8-21(11-12)9-7-16(22)20-13-5-6-14(18)15(19)10-13/h5-6,10,12H,2-4,7-9,11H2,1H3,(H,20,22)/t12-/m0/s1. The van der Waals surface area contributed by atoms with Crippen molar-refractivity contribution in [3.05, 3.63) is 29.8 Å². The number of rotatable bonds is 6. The molecule has 1 aliphatic heterocycles. The first-order valence-corrected chi connectivity index (χ1v) is 8.13. The number of amides is 1. The molecule has 1 atom stereocenters. The first kappa shape index (κ1) is 18.3. The molecule has 1 heterocycles. The second-order valence-corrected chi connectivity index (χ2v) is 5.82. The maximum Gasteiger partial charge on any atom is 0.310 e. The number of benzene rings is 1. The average Bonchev–Trinajstić information content (AvgIpc) is 2.57. The van der Waals surface area contributed by atoms with Gasteiger partial charge in [0.25, 0.3) is 0 Å². The Morgan fingerprint density at radius 3 is 2.83 bits per heavy atom. The fourth-order valence-electron chi connectivity index (χ4n) is 2.77. The van der Waals surface area contributed by atoms with E-state index in [0.717, 1.165) is 31.5 Å². The second kappa shape index (κ2) is 8.73. The number of esters is 1. The highest BCUT2D eigenvalue weighted by Gasteiger charge is 2.26. The molecule has 0 unspecified atom stereocenters. The van der Waals surface area contributed by atoms with Crippen molar-refractivity contribution in [1.82, 2.24) is 4.90 Å². The van der Waals surface area contributed by atoms with Gasteiger partial charge in [-0.1, -0.05) is 0 Å². The number of hydrogen-bond donors (Lipinski definition) is 1. The molecular formula is C17H22F2N2O3. The van der Waals surface area contributed by atoms with Gasteiger partial charge < -0.3 is 15.0 Å². The molecule has 0 aliphatic carbocycles. The van der Waals surface area contributed by atoms with Gasteiger partial charge in [0.1, 0.15) is 0 Å². The van der Waals surface area contributed by atoms with E-state index in [-0.39, 0.29) is 29.9 Å². The molecule has 1 aromatic rings. The first-order valence-electron chi connectivity index (χ1n) is 8.13. The highest BCUT2D eigenvalue weighted by atomic mass is 19.2. The zero-order chi connectivity index (χ0) is 17.5. The molecule has 2 rings (SSSR count). The van der Waals surface area contributed by atoms with Gasteiger partial charge in [-0.3, -0.25) is 9.59 Å². The predicted octanol–water partition coefficient (Wildman–Crippen LogP) is 2.57. The predicted molar refractivity (Wildman–Crippen MR) is 85.4 cm³/mol. The zero-order valence-corrected chi connectivity index (χ0v) is 13.7. The van der Waals surface area contributed by atoms with Gasteiger partial charge in [-0.2, -0.15) is 0 Å². The highest BCUT2D eigenvalue weighted by molar-refractivity contribution is 5.90. The van der Waals surface area contributed by atoms with E-state index >= 15 is 0 Å². The third kappa shape index (κ3) is 5.26. The average molecular weight is 340 g/mol. The van der Waals surface area contributed by atoms with Gasteiger partial charge in [0.15, 0.2) is 11.6 Å². The number of nitrogens with zero attached hydrogens (tertiary/aromatic N) is 1.